The van der Waals surface area contributed by atoms with Crippen LogP contribution in [0.2, 0.25) is 0 Å². The first kappa shape index (κ1) is 13.8. The summed E-state index contributed by atoms with van der Waals surface area (Å²) in [7, 11) is 0. The maximum absolute atomic E-state index is 13.6. The second kappa shape index (κ2) is 5.69. The van der Waals surface area contributed by atoms with Gasteiger partial charge in [0.1, 0.15) is 23.7 Å². The second-order valence-electron chi connectivity index (χ2n) is 4.58. The van der Waals surface area contributed by atoms with E-state index in [0.29, 0.717) is 22.5 Å². The molecule has 0 bridgehead atoms. The lowest BCUT2D eigenvalue weighted by Crippen LogP contribution is -2.00. The van der Waals surface area contributed by atoms with Crippen LogP contribution in [0, 0.1) is 5.82 Å². The smallest absolute Gasteiger partial charge is 0.146 e. The minimum Gasteiger partial charge on any atom is -0.487 e. The van der Waals surface area contributed by atoms with Crippen molar-refractivity contribution in [3.05, 3.63) is 64.5 Å². The fourth-order valence-corrected chi connectivity index (χ4v) is 2.41. The molecular formula is C16H12BrFN2O. The van der Waals surface area contributed by atoms with E-state index < -0.39 is 0 Å². The topological polar surface area (TPSA) is 48.1 Å². The number of halogens is 2. The molecule has 3 rings (SSSR count). The van der Waals surface area contributed by atoms with E-state index >= 15 is 0 Å². The zero-order valence-corrected chi connectivity index (χ0v) is 12.6. The number of rotatable bonds is 3. The minimum absolute atomic E-state index is 0.142. The van der Waals surface area contributed by atoms with Crippen molar-refractivity contribution in [3.8, 4) is 5.75 Å². The lowest BCUT2D eigenvalue weighted by Gasteiger charge is -2.11. The number of benzene rings is 2. The van der Waals surface area contributed by atoms with Crippen molar-refractivity contribution in [1.29, 1.82) is 0 Å². The zero-order chi connectivity index (χ0) is 14.8. The zero-order valence-electron chi connectivity index (χ0n) is 11.0. The van der Waals surface area contributed by atoms with Crippen LogP contribution >= 0.6 is 15.9 Å². The Morgan fingerprint density at radius 1 is 1.19 bits per heavy atom. The first-order valence-electron chi connectivity index (χ1n) is 6.35. The van der Waals surface area contributed by atoms with Crippen LogP contribution in [0.5, 0.6) is 5.75 Å². The molecule has 0 atom stereocenters. The van der Waals surface area contributed by atoms with Gasteiger partial charge in [-0.25, -0.2) is 4.39 Å². The molecule has 3 nitrogen and oxygen atoms in total. The number of anilines is 1. The van der Waals surface area contributed by atoms with Crippen molar-refractivity contribution < 1.29 is 9.13 Å². The lowest BCUT2D eigenvalue weighted by atomic mass is 10.1. The van der Waals surface area contributed by atoms with Gasteiger partial charge in [-0.1, -0.05) is 18.2 Å². The summed E-state index contributed by atoms with van der Waals surface area (Å²) in [6.45, 7) is 0.142. The number of ether oxygens (including phenoxy) is 1. The van der Waals surface area contributed by atoms with Gasteiger partial charge in [-0.15, -0.1) is 0 Å². The Kier molecular flexibility index (Phi) is 3.75. The average Bonchev–Trinajstić information content (AvgIpc) is 2.48. The maximum Gasteiger partial charge on any atom is 0.146 e. The van der Waals surface area contributed by atoms with Crippen molar-refractivity contribution in [3.63, 3.8) is 0 Å². The van der Waals surface area contributed by atoms with E-state index in [9.17, 15) is 4.39 Å². The van der Waals surface area contributed by atoms with Crippen molar-refractivity contribution >= 4 is 32.5 Å². The van der Waals surface area contributed by atoms with Crippen LogP contribution < -0.4 is 10.5 Å². The van der Waals surface area contributed by atoms with Crippen molar-refractivity contribution in [2.24, 2.45) is 0 Å². The minimum atomic E-state index is -0.284. The summed E-state index contributed by atoms with van der Waals surface area (Å²) in [6.07, 6.45) is 1.68. The molecule has 0 spiro atoms. The Labute approximate surface area is 129 Å². The maximum atomic E-state index is 13.6. The van der Waals surface area contributed by atoms with E-state index in [4.69, 9.17) is 10.5 Å². The number of fused-ring (bicyclic) bond motifs is 1. The third kappa shape index (κ3) is 2.83. The number of aromatic nitrogens is 1. The summed E-state index contributed by atoms with van der Waals surface area (Å²) in [5.41, 5.74) is 7.73. The molecule has 1 aromatic heterocycles. The first-order valence-corrected chi connectivity index (χ1v) is 7.14. The monoisotopic (exact) mass is 346 g/mol. The van der Waals surface area contributed by atoms with Gasteiger partial charge in [0.15, 0.2) is 0 Å². The van der Waals surface area contributed by atoms with Crippen LogP contribution in [0.15, 0.2) is 53.1 Å². The molecule has 0 saturated heterocycles. The van der Waals surface area contributed by atoms with Gasteiger partial charge in [0.2, 0.25) is 0 Å². The van der Waals surface area contributed by atoms with E-state index in [2.05, 4.69) is 20.9 Å². The highest BCUT2D eigenvalue weighted by Gasteiger charge is 2.09. The second-order valence-corrected chi connectivity index (χ2v) is 5.50. The summed E-state index contributed by atoms with van der Waals surface area (Å²) >= 11 is 3.37. The summed E-state index contributed by atoms with van der Waals surface area (Å²) in [5, 5.41) is 0.801. The molecule has 0 aliphatic rings. The molecule has 0 aliphatic heterocycles. The Balaban J connectivity index is 1.95. The van der Waals surface area contributed by atoms with Crippen molar-refractivity contribution in [1.82, 2.24) is 4.98 Å². The van der Waals surface area contributed by atoms with Gasteiger partial charge >= 0.3 is 0 Å². The molecule has 5 heteroatoms. The molecule has 3 aromatic rings. The van der Waals surface area contributed by atoms with Gasteiger partial charge in [0, 0.05) is 27.3 Å². The lowest BCUT2D eigenvalue weighted by molar-refractivity contribution is 0.303. The number of nitrogen functional groups attached to an aromatic ring is 1. The average molecular weight is 347 g/mol. The molecule has 0 amide bonds. The van der Waals surface area contributed by atoms with E-state index in [1.165, 1.54) is 6.07 Å². The normalized spacial score (nSPS) is 10.8. The fourth-order valence-electron chi connectivity index (χ4n) is 2.08. The van der Waals surface area contributed by atoms with E-state index in [-0.39, 0.29) is 12.4 Å². The molecule has 2 aromatic carbocycles. The predicted octanol–water partition coefficient (Wildman–Crippen LogP) is 4.30. The van der Waals surface area contributed by atoms with Crippen LogP contribution in [0.3, 0.4) is 0 Å². The van der Waals surface area contributed by atoms with Crippen LogP contribution in [0.4, 0.5) is 10.1 Å². The molecule has 2 N–H and O–H groups in total. The summed E-state index contributed by atoms with van der Waals surface area (Å²) < 4.78 is 20.1. The summed E-state index contributed by atoms with van der Waals surface area (Å²) in [5.74, 6) is 0.294. The number of nitrogens with two attached hydrogens (primary N) is 1. The highest BCUT2D eigenvalue weighted by molar-refractivity contribution is 9.10. The van der Waals surface area contributed by atoms with E-state index in [1.807, 2.05) is 6.07 Å². The number of hydrogen-bond acceptors (Lipinski definition) is 3. The Hall–Kier alpha value is -2.14. The van der Waals surface area contributed by atoms with Crippen molar-refractivity contribution in [2.45, 2.75) is 6.61 Å². The molecule has 0 radical (unpaired) electrons. The standard InChI is InChI=1S/C16H12BrFN2O/c17-11-7-12-14(19)5-6-15(16(12)20-8-11)21-9-10-3-1-2-4-13(10)18/h1-8H,9,19H2. The molecule has 0 saturated carbocycles. The number of pyridine rings is 1. The van der Waals surface area contributed by atoms with Crippen LogP contribution in [-0.4, -0.2) is 4.98 Å². The van der Waals surface area contributed by atoms with Gasteiger partial charge in [-0.2, -0.15) is 0 Å². The molecule has 106 valence electrons. The third-order valence-electron chi connectivity index (χ3n) is 3.15. The quantitative estimate of drug-likeness (QED) is 0.719. The Morgan fingerprint density at radius 2 is 2.00 bits per heavy atom. The fraction of sp³-hybridized carbons (Fsp3) is 0.0625. The molecule has 1 heterocycles. The summed E-state index contributed by atoms with van der Waals surface area (Å²) in [6, 6.07) is 11.9. The van der Waals surface area contributed by atoms with Gasteiger partial charge < -0.3 is 10.5 Å². The Morgan fingerprint density at radius 3 is 2.81 bits per heavy atom. The van der Waals surface area contributed by atoms with Crippen LogP contribution in [-0.2, 0) is 6.61 Å². The Bertz CT molecular complexity index is 807. The van der Waals surface area contributed by atoms with Gasteiger partial charge in [0.05, 0.1) is 0 Å². The van der Waals surface area contributed by atoms with Crippen LogP contribution in [0.1, 0.15) is 5.56 Å². The van der Waals surface area contributed by atoms with Crippen molar-refractivity contribution in [2.75, 3.05) is 5.73 Å². The molecule has 0 fully saturated rings. The molecular weight excluding hydrogens is 335 g/mol. The summed E-state index contributed by atoms with van der Waals surface area (Å²) in [4.78, 5) is 4.33. The molecule has 21 heavy (non-hydrogen) atoms. The van der Waals surface area contributed by atoms with E-state index in [1.54, 1.807) is 36.5 Å². The first-order chi connectivity index (χ1) is 10.1. The van der Waals surface area contributed by atoms with Crippen LogP contribution in [0.25, 0.3) is 10.9 Å². The van der Waals surface area contributed by atoms with Gasteiger partial charge in [-0.05, 0) is 40.2 Å². The SMILES string of the molecule is Nc1ccc(OCc2ccccc2F)c2ncc(Br)cc12. The third-order valence-corrected chi connectivity index (χ3v) is 3.59. The highest BCUT2D eigenvalue weighted by atomic mass is 79.9. The van der Waals surface area contributed by atoms with Gasteiger partial charge in [-0.3, -0.25) is 4.98 Å². The largest absolute Gasteiger partial charge is 0.487 e. The van der Waals surface area contributed by atoms with Gasteiger partial charge in [0.25, 0.3) is 0 Å². The molecule has 0 aliphatic carbocycles. The number of nitrogens with zero attached hydrogens (tertiary/aromatic N) is 1. The predicted molar refractivity (Wildman–Crippen MR) is 84.6 cm³/mol. The number of hydrogen-bond donors (Lipinski definition) is 1. The molecule has 0 unspecified atom stereocenters. The highest BCUT2D eigenvalue weighted by Crippen LogP contribution is 2.30. The van der Waals surface area contributed by atoms with E-state index in [0.717, 1.165) is 9.86 Å².